The van der Waals surface area contributed by atoms with Crippen molar-refractivity contribution in [2.45, 2.75) is 13.5 Å². The van der Waals surface area contributed by atoms with Gasteiger partial charge in [0.15, 0.2) is 5.76 Å². The predicted octanol–water partition coefficient (Wildman–Crippen LogP) is -0.900. The zero-order chi connectivity index (χ0) is 14.9. The molecule has 0 aliphatic rings. The van der Waals surface area contributed by atoms with Gasteiger partial charge in [-0.2, -0.15) is 0 Å². The molecule has 0 atom stereocenters. The van der Waals surface area contributed by atoms with Crippen LogP contribution in [0, 0.1) is 6.92 Å². The lowest BCUT2D eigenvalue weighted by Crippen LogP contribution is -2.39. The third kappa shape index (κ3) is 2.41. The molecule has 2 heterocycles. The second-order valence-corrected chi connectivity index (χ2v) is 4.35. The Bertz CT molecular complexity index is 768. The van der Waals surface area contributed by atoms with Crippen molar-refractivity contribution in [2.75, 3.05) is 0 Å². The summed E-state index contributed by atoms with van der Waals surface area (Å²) in [7, 11) is 1.49. The van der Waals surface area contributed by atoms with E-state index in [1.54, 1.807) is 13.0 Å². The van der Waals surface area contributed by atoms with Crippen LogP contribution < -0.4 is 22.4 Å². The number of nitrogens with one attached hydrogen (secondary N) is 1. The maximum atomic E-state index is 11.8. The van der Waals surface area contributed by atoms with Gasteiger partial charge in [-0.3, -0.25) is 19.8 Å². The third-order valence-electron chi connectivity index (χ3n) is 2.87. The maximum absolute atomic E-state index is 11.8. The molecule has 0 spiro atoms. The fraction of sp³-hybridized carbons (Fsp3) is 0.250. The van der Waals surface area contributed by atoms with Gasteiger partial charge in [-0.1, -0.05) is 0 Å². The second-order valence-electron chi connectivity index (χ2n) is 4.35. The Hall–Kier alpha value is -2.61. The summed E-state index contributed by atoms with van der Waals surface area (Å²) in [5, 5.41) is 0. The molecular weight excluding hydrogens is 264 g/mol. The first kappa shape index (κ1) is 13.8. The van der Waals surface area contributed by atoms with Gasteiger partial charge < -0.3 is 13.6 Å². The number of hydrogen-bond donors (Lipinski definition) is 2. The summed E-state index contributed by atoms with van der Waals surface area (Å²) in [6, 6.07) is 1.62. The molecular formula is C12H14N4O4. The Balaban J connectivity index is 2.37. The van der Waals surface area contributed by atoms with Crippen LogP contribution in [0.5, 0.6) is 0 Å². The van der Waals surface area contributed by atoms with E-state index >= 15 is 0 Å². The van der Waals surface area contributed by atoms with E-state index in [0.717, 1.165) is 0 Å². The molecule has 0 unspecified atom stereocenters. The number of aryl methyl sites for hydroxylation is 2. The normalized spacial score (nSPS) is 10.6. The molecule has 0 aliphatic heterocycles. The number of hydrogen-bond acceptors (Lipinski definition) is 5. The Morgan fingerprint density at radius 3 is 2.70 bits per heavy atom. The van der Waals surface area contributed by atoms with Gasteiger partial charge in [0.1, 0.15) is 5.76 Å². The quantitative estimate of drug-likeness (QED) is 0.327. The van der Waals surface area contributed by atoms with Crippen LogP contribution in [0.1, 0.15) is 21.9 Å². The molecule has 2 rings (SSSR count). The van der Waals surface area contributed by atoms with E-state index in [1.807, 2.05) is 5.43 Å². The van der Waals surface area contributed by atoms with E-state index in [2.05, 4.69) is 0 Å². The van der Waals surface area contributed by atoms with E-state index in [0.29, 0.717) is 11.3 Å². The van der Waals surface area contributed by atoms with Crippen LogP contribution in [0.15, 0.2) is 32.5 Å². The SMILES string of the molecule is Cc1cc(Cn2ccn(C)c(=O)c2=O)oc1C(=O)NN. The second kappa shape index (κ2) is 5.17. The Labute approximate surface area is 113 Å². The van der Waals surface area contributed by atoms with Gasteiger partial charge >= 0.3 is 17.0 Å². The number of amides is 1. The highest BCUT2D eigenvalue weighted by Crippen LogP contribution is 2.14. The fourth-order valence-electron chi connectivity index (χ4n) is 1.80. The molecule has 106 valence electrons. The zero-order valence-electron chi connectivity index (χ0n) is 11.0. The van der Waals surface area contributed by atoms with Crippen LogP contribution in [0.25, 0.3) is 0 Å². The van der Waals surface area contributed by atoms with Gasteiger partial charge in [0.25, 0.3) is 0 Å². The minimum Gasteiger partial charge on any atom is -0.454 e. The molecule has 0 bridgehead atoms. The number of nitrogens with zero attached hydrogens (tertiary/aromatic N) is 2. The predicted molar refractivity (Wildman–Crippen MR) is 70.1 cm³/mol. The highest BCUT2D eigenvalue weighted by molar-refractivity contribution is 5.92. The average molecular weight is 278 g/mol. The van der Waals surface area contributed by atoms with Crippen LogP contribution in [-0.2, 0) is 13.6 Å². The summed E-state index contributed by atoms with van der Waals surface area (Å²) in [4.78, 5) is 34.7. The van der Waals surface area contributed by atoms with Crippen LogP contribution in [0.4, 0.5) is 0 Å². The summed E-state index contributed by atoms with van der Waals surface area (Å²) < 4.78 is 7.74. The lowest BCUT2D eigenvalue weighted by atomic mass is 10.2. The Morgan fingerprint density at radius 1 is 1.35 bits per heavy atom. The van der Waals surface area contributed by atoms with Crippen molar-refractivity contribution in [3.63, 3.8) is 0 Å². The average Bonchev–Trinajstić information content (AvgIpc) is 2.79. The topological polar surface area (TPSA) is 112 Å². The lowest BCUT2D eigenvalue weighted by molar-refractivity contribution is 0.0923. The highest BCUT2D eigenvalue weighted by Gasteiger charge is 2.15. The number of carbonyl (C=O) groups excluding carboxylic acids is 1. The number of nitrogen functional groups attached to an aromatic ring is 1. The van der Waals surface area contributed by atoms with Crippen molar-refractivity contribution in [3.05, 3.63) is 56.3 Å². The molecule has 0 fully saturated rings. The van der Waals surface area contributed by atoms with E-state index in [-0.39, 0.29) is 12.3 Å². The van der Waals surface area contributed by atoms with Gasteiger partial charge in [0.05, 0.1) is 6.54 Å². The van der Waals surface area contributed by atoms with Gasteiger partial charge in [-0.05, 0) is 13.0 Å². The number of hydrazine groups is 1. The van der Waals surface area contributed by atoms with Crippen LogP contribution >= 0.6 is 0 Å². The van der Waals surface area contributed by atoms with Crippen molar-refractivity contribution in [1.82, 2.24) is 14.6 Å². The molecule has 1 amide bonds. The molecule has 0 aromatic carbocycles. The van der Waals surface area contributed by atoms with Crippen molar-refractivity contribution in [2.24, 2.45) is 12.9 Å². The summed E-state index contributed by atoms with van der Waals surface area (Å²) in [5.41, 5.74) is 1.28. The number of nitrogens with two attached hydrogens (primary N) is 1. The standard InChI is InChI=1S/C12H14N4O4/c1-7-5-8(20-9(7)10(17)14-13)6-16-4-3-15(2)11(18)12(16)19/h3-5H,6,13H2,1-2H3,(H,14,17). The highest BCUT2D eigenvalue weighted by atomic mass is 16.4. The summed E-state index contributed by atoms with van der Waals surface area (Å²) in [5.74, 6) is 4.95. The molecule has 0 radical (unpaired) electrons. The number of aromatic nitrogens is 2. The third-order valence-corrected chi connectivity index (χ3v) is 2.87. The monoisotopic (exact) mass is 278 g/mol. The van der Waals surface area contributed by atoms with Gasteiger partial charge in [-0.25, -0.2) is 5.84 Å². The Morgan fingerprint density at radius 2 is 2.05 bits per heavy atom. The van der Waals surface area contributed by atoms with Crippen LogP contribution in [0.3, 0.4) is 0 Å². The van der Waals surface area contributed by atoms with Gasteiger partial charge in [0.2, 0.25) is 0 Å². The summed E-state index contributed by atoms with van der Waals surface area (Å²) in [6.07, 6.45) is 2.96. The van der Waals surface area contributed by atoms with Gasteiger partial charge in [-0.15, -0.1) is 0 Å². The van der Waals surface area contributed by atoms with Crippen molar-refractivity contribution >= 4 is 5.91 Å². The molecule has 3 N–H and O–H groups in total. The largest absolute Gasteiger partial charge is 0.454 e. The molecule has 0 saturated carbocycles. The van der Waals surface area contributed by atoms with Crippen molar-refractivity contribution in [1.29, 1.82) is 0 Å². The first-order chi connectivity index (χ1) is 9.43. The molecule has 2 aromatic heterocycles. The minimum absolute atomic E-state index is 0.0631. The first-order valence-electron chi connectivity index (χ1n) is 5.80. The number of furan rings is 1. The fourth-order valence-corrected chi connectivity index (χ4v) is 1.80. The summed E-state index contributed by atoms with van der Waals surface area (Å²) >= 11 is 0. The van der Waals surface area contributed by atoms with E-state index in [9.17, 15) is 14.4 Å². The smallest absolute Gasteiger partial charge is 0.316 e. The maximum Gasteiger partial charge on any atom is 0.316 e. The summed E-state index contributed by atoms with van der Waals surface area (Å²) in [6.45, 7) is 1.75. The van der Waals surface area contributed by atoms with E-state index in [4.69, 9.17) is 10.3 Å². The molecule has 8 heteroatoms. The minimum atomic E-state index is -0.658. The number of rotatable bonds is 3. The number of carbonyl (C=O) groups is 1. The lowest BCUT2D eigenvalue weighted by Gasteiger charge is -2.03. The van der Waals surface area contributed by atoms with Gasteiger partial charge in [0, 0.05) is 25.0 Å². The molecule has 0 aliphatic carbocycles. The van der Waals surface area contributed by atoms with Crippen LogP contribution in [0.2, 0.25) is 0 Å². The van der Waals surface area contributed by atoms with E-state index < -0.39 is 17.0 Å². The molecule has 20 heavy (non-hydrogen) atoms. The molecule has 2 aromatic rings. The van der Waals surface area contributed by atoms with E-state index in [1.165, 1.54) is 28.6 Å². The van der Waals surface area contributed by atoms with Crippen molar-refractivity contribution in [3.8, 4) is 0 Å². The van der Waals surface area contributed by atoms with Crippen LogP contribution in [-0.4, -0.2) is 15.0 Å². The molecule has 8 nitrogen and oxygen atoms in total. The Kier molecular flexibility index (Phi) is 3.57. The first-order valence-corrected chi connectivity index (χ1v) is 5.80. The van der Waals surface area contributed by atoms with Crippen molar-refractivity contribution < 1.29 is 9.21 Å². The molecule has 0 saturated heterocycles. The zero-order valence-corrected chi connectivity index (χ0v) is 11.0.